The molecule has 1 aliphatic rings. The van der Waals surface area contributed by atoms with Crippen LogP contribution in [0.4, 0.5) is 0 Å². The number of hydrogen-bond acceptors (Lipinski definition) is 2. The van der Waals surface area contributed by atoms with Crippen LogP contribution in [-0.4, -0.2) is 28.2 Å². The van der Waals surface area contributed by atoms with E-state index in [1.165, 1.54) is 5.56 Å². The van der Waals surface area contributed by atoms with E-state index >= 15 is 0 Å². The summed E-state index contributed by atoms with van der Waals surface area (Å²) in [5.74, 6) is 0. The molecule has 2 nitrogen and oxygen atoms in total. The third-order valence-corrected chi connectivity index (χ3v) is 3.95. The van der Waals surface area contributed by atoms with E-state index in [-0.39, 0.29) is 11.6 Å². The second-order valence-electron chi connectivity index (χ2n) is 5.24. The molecule has 1 aromatic carbocycles. The van der Waals surface area contributed by atoms with Gasteiger partial charge in [-0.2, -0.15) is 0 Å². The predicted octanol–water partition coefficient (Wildman–Crippen LogP) is 2.59. The predicted molar refractivity (Wildman–Crippen MR) is 66.3 cm³/mol. The molecule has 0 spiro atoms. The van der Waals surface area contributed by atoms with E-state index < -0.39 is 0 Å². The number of likely N-dealkylation sites (tertiary alicyclic amines) is 1. The number of aliphatic hydroxyl groups excluding tert-OH is 1. The Morgan fingerprint density at radius 2 is 1.94 bits per heavy atom. The largest absolute Gasteiger partial charge is 0.391 e. The van der Waals surface area contributed by atoms with Crippen LogP contribution in [0.25, 0.3) is 0 Å². The molecule has 0 amide bonds. The Balaban J connectivity index is 2.20. The topological polar surface area (TPSA) is 23.5 Å². The molecule has 1 saturated heterocycles. The van der Waals surface area contributed by atoms with E-state index in [9.17, 15) is 5.11 Å². The van der Waals surface area contributed by atoms with Crippen molar-refractivity contribution in [2.45, 2.75) is 44.9 Å². The Hall–Kier alpha value is -0.860. The van der Waals surface area contributed by atoms with E-state index in [2.05, 4.69) is 49.9 Å². The summed E-state index contributed by atoms with van der Waals surface area (Å²) in [4.78, 5) is 2.40. The average molecular weight is 219 g/mol. The molecule has 88 valence electrons. The van der Waals surface area contributed by atoms with Crippen molar-refractivity contribution in [2.75, 3.05) is 6.54 Å². The Bertz CT molecular complexity index is 347. The molecule has 0 saturated carbocycles. The Morgan fingerprint density at radius 1 is 1.31 bits per heavy atom. The third kappa shape index (κ3) is 1.87. The standard InChI is InChI=1S/C14H21NO/c1-11(12-7-5-4-6-8-12)15-10-9-13(16)14(15,2)3/h4-8,11,13,16H,9-10H2,1-3H3. The lowest BCUT2D eigenvalue weighted by Gasteiger charge is -2.38. The zero-order valence-corrected chi connectivity index (χ0v) is 10.4. The molecule has 1 heterocycles. The summed E-state index contributed by atoms with van der Waals surface area (Å²) in [7, 11) is 0. The molecule has 2 heteroatoms. The first-order valence-electron chi connectivity index (χ1n) is 6.03. The molecule has 1 N–H and O–H groups in total. The lowest BCUT2D eigenvalue weighted by atomic mass is 9.96. The highest BCUT2D eigenvalue weighted by atomic mass is 16.3. The van der Waals surface area contributed by atoms with Gasteiger partial charge in [-0.05, 0) is 32.8 Å². The van der Waals surface area contributed by atoms with E-state index in [4.69, 9.17) is 0 Å². The summed E-state index contributed by atoms with van der Waals surface area (Å²) in [5.41, 5.74) is 1.21. The van der Waals surface area contributed by atoms with Gasteiger partial charge >= 0.3 is 0 Å². The van der Waals surface area contributed by atoms with Gasteiger partial charge in [0.1, 0.15) is 0 Å². The molecule has 0 aromatic heterocycles. The average Bonchev–Trinajstić information content (AvgIpc) is 2.54. The number of nitrogens with zero attached hydrogens (tertiary/aromatic N) is 1. The van der Waals surface area contributed by atoms with E-state index in [1.807, 2.05) is 6.07 Å². The maximum absolute atomic E-state index is 9.98. The molecule has 0 aliphatic carbocycles. The fourth-order valence-electron chi connectivity index (χ4n) is 2.70. The van der Waals surface area contributed by atoms with Crippen LogP contribution in [0.5, 0.6) is 0 Å². The zero-order valence-electron chi connectivity index (χ0n) is 10.4. The van der Waals surface area contributed by atoms with Crippen LogP contribution < -0.4 is 0 Å². The van der Waals surface area contributed by atoms with Crippen molar-refractivity contribution in [3.63, 3.8) is 0 Å². The van der Waals surface area contributed by atoms with Gasteiger partial charge in [0.25, 0.3) is 0 Å². The molecule has 2 rings (SSSR count). The third-order valence-electron chi connectivity index (χ3n) is 3.95. The highest BCUT2D eigenvalue weighted by Gasteiger charge is 2.42. The van der Waals surface area contributed by atoms with Crippen LogP contribution in [0, 0.1) is 0 Å². The van der Waals surface area contributed by atoms with Crippen molar-refractivity contribution in [3.05, 3.63) is 35.9 Å². The first-order valence-corrected chi connectivity index (χ1v) is 6.03. The summed E-state index contributed by atoms with van der Waals surface area (Å²) >= 11 is 0. The zero-order chi connectivity index (χ0) is 11.8. The highest BCUT2D eigenvalue weighted by Crippen LogP contribution is 2.36. The van der Waals surface area contributed by atoms with Gasteiger partial charge in [0.05, 0.1) is 6.10 Å². The highest BCUT2D eigenvalue weighted by molar-refractivity contribution is 5.19. The van der Waals surface area contributed by atoms with E-state index in [0.717, 1.165) is 13.0 Å². The van der Waals surface area contributed by atoms with Gasteiger partial charge in [-0.15, -0.1) is 0 Å². The van der Waals surface area contributed by atoms with Crippen LogP contribution in [0.3, 0.4) is 0 Å². The van der Waals surface area contributed by atoms with Crippen molar-refractivity contribution in [1.29, 1.82) is 0 Å². The summed E-state index contributed by atoms with van der Waals surface area (Å²) in [6.07, 6.45) is 0.670. The van der Waals surface area contributed by atoms with Crippen molar-refractivity contribution in [2.24, 2.45) is 0 Å². The van der Waals surface area contributed by atoms with Gasteiger partial charge in [-0.3, -0.25) is 4.90 Å². The monoisotopic (exact) mass is 219 g/mol. The summed E-state index contributed by atoms with van der Waals surface area (Å²) in [6.45, 7) is 7.45. The van der Waals surface area contributed by atoms with Gasteiger partial charge in [-0.1, -0.05) is 30.3 Å². The second kappa shape index (κ2) is 4.19. The second-order valence-corrected chi connectivity index (χ2v) is 5.24. The molecular formula is C14H21NO. The number of hydrogen-bond donors (Lipinski definition) is 1. The smallest absolute Gasteiger partial charge is 0.0730 e. The van der Waals surface area contributed by atoms with Crippen molar-refractivity contribution in [3.8, 4) is 0 Å². The molecule has 16 heavy (non-hydrogen) atoms. The van der Waals surface area contributed by atoms with Crippen LogP contribution in [-0.2, 0) is 0 Å². The van der Waals surface area contributed by atoms with Crippen LogP contribution in [0.15, 0.2) is 30.3 Å². The first-order chi connectivity index (χ1) is 7.53. The molecule has 0 bridgehead atoms. The number of aliphatic hydroxyl groups is 1. The summed E-state index contributed by atoms with van der Waals surface area (Å²) in [5, 5.41) is 9.98. The molecule has 1 aromatic rings. The van der Waals surface area contributed by atoms with Crippen molar-refractivity contribution < 1.29 is 5.11 Å². The fraction of sp³-hybridized carbons (Fsp3) is 0.571. The minimum atomic E-state index is -0.210. The Morgan fingerprint density at radius 3 is 2.44 bits per heavy atom. The van der Waals surface area contributed by atoms with Gasteiger partial charge in [0.2, 0.25) is 0 Å². The molecule has 1 fully saturated rings. The fourth-order valence-corrected chi connectivity index (χ4v) is 2.70. The summed E-state index contributed by atoms with van der Waals surface area (Å²) < 4.78 is 0. The lowest BCUT2D eigenvalue weighted by molar-refractivity contribution is 0.0340. The van der Waals surface area contributed by atoms with Gasteiger partial charge in [0, 0.05) is 18.1 Å². The van der Waals surface area contributed by atoms with Crippen molar-refractivity contribution in [1.82, 2.24) is 4.90 Å². The van der Waals surface area contributed by atoms with Gasteiger partial charge in [0.15, 0.2) is 0 Å². The first kappa shape index (κ1) is 11.6. The molecule has 2 atom stereocenters. The van der Waals surface area contributed by atoms with E-state index in [1.54, 1.807) is 0 Å². The van der Waals surface area contributed by atoms with Crippen LogP contribution >= 0.6 is 0 Å². The number of rotatable bonds is 2. The summed E-state index contributed by atoms with van der Waals surface area (Å²) in [6, 6.07) is 10.9. The normalized spacial score (nSPS) is 26.9. The van der Waals surface area contributed by atoms with Crippen LogP contribution in [0.2, 0.25) is 0 Å². The lowest BCUT2D eigenvalue weighted by Crippen LogP contribution is -2.46. The van der Waals surface area contributed by atoms with Gasteiger partial charge in [-0.25, -0.2) is 0 Å². The van der Waals surface area contributed by atoms with Crippen molar-refractivity contribution >= 4 is 0 Å². The van der Waals surface area contributed by atoms with Crippen LogP contribution in [0.1, 0.15) is 38.8 Å². The maximum Gasteiger partial charge on any atom is 0.0730 e. The molecule has 1 aliphatic heterocycles. The van der Waals surface area contributed by atoms with Gasteiger partial charge < -0.3 is 5.11 Å². The quantitative estimate of drug-likeness (QED) is 0.826. The molecule has 0 radical (unpaired) electrons. The SMILES string of the molecule is CC(c1ccccc1)N1CCC(O)C1(C)C. The number of benzene rings is 1. The molecular weight excluding hydrogens is 198 g/mol. The Labute approximate surface area is 97.9 Å². The molecule has 2 unspecified atom stereocenters. The Kier molecular flexibility index (Phi) is 3.04. The van der Waals surface area contributed by atoms with E-state index in [0.29, 0.717) is 6.04 Å². The minimum absolute atomic E-state index is 0.116. The maximum atomic E-state index is 9.98. The minimum Gasteiger partial charge on any atom is -0.391 e.